The molecule has 2 heterocycles. The van der Waals surface area contributed by atoms with Crippen LogP contribution in [0, 0.1) is 0 Å². The highest BCUT2D eigenvalue weighted by molar-refractivity contribution is 9.10. The van der Waals surface area contributed by atoms with Gasteiger partial charge in [-0.05, 0) is 42.2 Å². The van der Waals surface area contributed by atoms with Crippen molar-refractivity contribution in [3.05, 3.63) is 34.7 Å². The van der Waals surface area contributed by atoms with Gasteiger partial charge >= 0.3 is 0 Å². The second kappa shape index (κ2) is 4.96. The number of hydrogen-bond donors (Lipinski definition) is 0. The van der Waals surface area contributed by atoms with Crippen molar-refractivity contribution in [2.75, 3.05) is 14.1 Å². The fourth-order valence-electron chi connectivity index (χ4n) is 1.42. The summed E-state index contributed by atoms with van der Waals surface area (Å²) in [6.45, 7) is 0.874. The van der Waals surface area contributed by atoms with Gasteiger partial charge in [-0.15, -0.1) is 12.4 Å². The molecule has 0 unspecified atom stereocenters. The Hall–Kier alpha value is -0.580. The van der Waals surface area contributed by atoms with Crippen molar-refractivity contribution in [2.24, 2.45) is 0 Å². The summed E-state index contributed by atoms with van der Waals surface area (Å²) in [5.41, 5.74) is 2.08. The highest BCUT2D eigenvalue weighted by atomic mass is 79.9. The number of rotatable bonds is 2. The Morgan fingerprint density at radius 2 is 2.07 bits per heavy atom. The second-order valence-electron chi connectivity index (χ2n) is 3.58. The summed E-state index contributed by atoms with van der Waals surface area (Å²) in [6.07, 6.45) is 4.07. The zero-order valence-electron chi connectivity index (χ0n) is 8.64. The van der Waals surface area contributed by atoms with Crippen LogP contribution in [-0.2, 0) is 6.54 Å². The molecule has 0 aliphatic heterocycles. The predicted molar refractivity (Wildman–Crippen MR) is 67.5 cm³/mol. The summed E-state index contributed by atoms with van der Waals surface area (Å²) in [5, 5.41) is 0. The van der Waals surface area contributed by atoms with Crippen molar-refractivity contribution in [1.82, 2.24) is 14.3 Å². The number of halogens is 2. The quantitative estimate of drug-likeness (QED) is 0.847. The minimum absolute atomic E-state index is 0. The third-order valence-corrected chi connectivity index (χ3v) is 2.41. The lowest BCUT2D eigenvalue weighted by Crippen LogP contribution is -2.10. The van der Waals surface area contributed by atoms with E-state index in [9.17, 15) is 0 Å². The molecule has 0 aliphatic rings. The lowest BCUT2D eigenvalue weighted by Gasteiger charge is -2.04. The molecule has 0 fully saturated rings. The van der Waals surface area contributed by atoms with E-state index in [4.69, 9.17) is 0 Å². The molecule has 0 N–H and O–H groups in total. The van der Waals surface area contributed by atoms with E-state index in [2.05, 4.69) is 32.0 Å². The Morgan fingerprint density at radius 3 is 2.73 bits per heavy atom. The maximum atomic E-state index is 4.49. The number of nitrogens with zero attached hydrogens (tertiary/aromatic N) is 3. The van der Waals surface area contributed by atoms with Gasteiger partial charge in [-0.2, -0.15) is 0 Å². The average Bonchev–Trinajstić information content (AvgIpc) is 2.44. The van der Waals surface area contributed by atoms with Crippen molar-refractivity contribution in [1.29, 1.82) is 0 Å². The molecule has 0 atom stereocenters. The summed E-state index contributed by atoms with van der Waals surface area (Å²) in [4.78, 5) is 6.60. The van der Waals surface area contributed by atoms with Crippen molar-refractivity contribution in [2.45, 2.75) is 6.54 Å². The molecule has 0 saturated carbocycles. The van der Waals surface area contributed by atoms with Gasteiger partial charge in [0.15, 0.2) is 0 Å². The van der Waals surface area contributed by atoms with E-state index in [0.717, 1.165) is 22.4 Å². The molecule has 0 radical (unpaired) electrons. The van der Waals surface area contributed by atoms with Gasteiger partial charge in [-0.1, -0.05) is 0 Å². The van der Waals surface area contributed by atoms with Gasteiger partial charge in [0.25, 0.3) is 0 Å². The number of aromatic nitrogens is 2. The van der Waals surface area contributed by atoms with Crippen LogP contribution < -0.4 is 0 Å². The van der Waals surface area contributed by atoms with Crippen LogP contribution >= 0.6 is 28.3 Å². The highest BCUT2D eigenvalue weighted by Gasteiger charge is 2.02. The molecule has 2 aromatic heterocycles. The maximum absolute atomic E-state index is 4.49. The lowest BCUT2D eigenvalue weighted by molar-refractivity contribution is 0.398. The fourth-order valence-corrected chi connectivity index (χ4v) is 1.77. The molecule has 0 amide bonds. The van der Waals surface area contributed by atoms with Crippen molar-refractivity contribution >= 4 is 34.0 Å². The lowest BCUT2D eigenvalue weighted by atomic mass is 10.4. The van der Waals surface area contributed by atoms with E-state index in [-0.39, 0.29) is 12.4 Å². The Labute approximate surface area is 104 Å². The molecule has 0 aromatic carbocycles. The first-order valence-corrected chi connectivity index (χ1v) is 5.22. The van der Waals surface area contributed by atoms with Gasteiger partial charge in [0.2, 0.25) is 0 Å². The van der Waals surface area contributed by atoms with E-state index in [1.807, 2.05) is 36.8 Å². The van der Waals surface area contributed by atoms with E-state index in [1.54, 1.807) is 0 Å². The first kappa shape index (κ1) is 12.5. The molecule has 2 rings (SSSR count). The average molecular weight is 291 g/mol. The predicted octanol–water partition coefficient (Wildman–Crippen LogP) is 2.58. The van der Waals surface area contributed by atoms with Crippen molar-refractivity contribution in [3.8, 4) is 0 Å². The van der Waals surface area contributed by atoms with Crippen molar-refractivity contribution in [3.63, 3.8) is 0 Å². The Balaban J connectivity index is 0.00000112. The minimum Gasteiger partial charge on any atom is -0.306 e. The molecule has 0 spiro atoms. The van der Waals surface area contributed by atoms with E-state index < -0.39 is 0 Å². The third-order valence-electron chi connectivity index (χ3n) is 1.94. The molecule has 15 heavy (non-hydrogen) atoms. The van der Waals surface area contributed by atoms with Crippen LogP contribution in [0.1, 0.15) is 5.69 Å². The number of pyridine rings is 1. The third kappa shape index (κ3) is 2.93. The molecule has 0 saturated heterocycles. The SMILES string of the molecule is CN(C)Cc1cn2cc(Br)ccc2n1.Cl. The number of hydrogen-bond acceptors (Lipinski definition) is 2. The van der Waals surface area contributed by atoms with Crippen LogP contribution in [0.4, 0.5) is 0 Å². The largest absolute Gasteiger partial charge is 0.306 e. The van der Waals surface area contributed by atoms with E-state index in [1.165, 1.54) is 0 Å². The zero-order valence-corrected chi connectivity index (χ0v) is 11.0. The van der Waals surface area contributed by atoms with Crippen LogP contribution in [0.25, 0.3) is 5.65 Å². The molecule has 82 valence electrons. The monoisotopic (exact) mass is 289 g/mol. The molecule has 0 aliphatic carbocycles. The van der Waals surface area contributed by atoms with E-state index >= 15 is 0 Å². The highest BCUT2D eigenvalue weighted by Crippen LogP contribution is 2.12. The van der Waals surface area contributed by atoms with Gasteiger partial charge in [0.1, 0.15) is 5.65 Å². The van der Waals surface area contributed by atoms with Crippen LogP contribution in [0.2, 0.25) is 0 Å². The van der Waals surface area contributed by atoms with Gasteiger partial charge in [-0.3, -0.25) is 0 Å². The van der Waals surface area contributed by atoms with Gasteiger partial charge in [0, 0.05) is 23.4 Å². The molecule has 2 aromatic rings. The summed E-state index contributed by atoms with van der Waals surface area (Å²) in [6, 6.07) is 4.00. The second-order valence-corrected chi connectivity index (χ2v) is 4.50. The summed E-state index contributed by atoms with van der Waals surface area (Å²) in [5.74, 6) is 0. The summed E-state index contributed by atoms with van der Waals surface area (Å²) >= 11 is 3.43. The molecule has 3 nitrogen and oxygen atoms in total. The van der Waals surface area contributed by atoms with Crippen LogP contribution in [0.5, 0.6) is 0 Å². The summed E-state index contributed by atoms with van der Waals surface area (Å²) < 4.78 is 3.10. The Morgan fingerprint density at radius 1 is 1.33 bits per heavy atom. The maximum Gasteiger partial charge on any atom is 0.137 e. The van der Waals surface area contributed by atoms with Crippen LogP contribution in [-0.4, -0.2) is 28.4 Å². The molecular weight excluding hydrogens is 277 g/mol. The van der Waals surface area contributed by atoms with Gasteiger partial charge in [-0.25, -0.2) is 4.98 Å². The topological polar surface area (TPSA) is 20.5 Å². The summed E-state index contributed by atoms with van der Waals surface area (Å²) in [7, 11) is 4.08. The van der Waals surface area contributed by atoms with Crippen molar-refractivity contribution < 1.29 is 0 Å². The van der Waals surface area contributed by atoms with Crippen LogP contribution in [0.3, 0.4) is 0 Å². The number of imidazole rings is 1. The van der Waals surface area contributed by atoms with Gasteiger partial charge < -0.3 is 9.30 Å². The number of fused-ring (bicyclic) bond motifs is 1. The Kier molecular flexibility index (Phi) is 4.13. The zero-order chi connectivity index (χ0) is 10.1. The smallest absolute Gasteiger partial charge is 0.137 e. The molecule has 5 heteroatoms. The first-order valence-electron chi connectivity index (χ1n) is 4.43. The minimum atomic E-state index is 0. The fraction of sp³-hybridized carbons (Fsp3) is 0.300. The Bertz CT molecular complexity index is 453. The first-order chi connectivity index (χ1) is 6.65. The van der Waals surface area contributed by atoms with E-state index in [0.29, 0.717) is 0 Å². The molecular formula is C10H13BrClN3. The normalized spacial score (nSPS) is 10.7. The van der Waals surface area contributed by atoms with Crippen LogP contribution in [0.15, 0.2) is 29.0 Å². The standard InChI is InChI=1S/C10H12BrN3.ClH/c1-13(2)6-9-7-14-5-8(11)3-4-10(14)12-9;/h3-5,7H,6H2,1-2H3;1H. The van der Waals surface area contributed by atoms with Gasteiger partial charge in [0.05, 0.1) is 5.69 Å². The molecule has 0 bridgehead atoms.